The van der Waals surface area contributed by atoms with E-state index < -0.39 is 0 Å². The lowest BCUT2D eigenvalue weighted by atomic mass is 10.1. The van der Waals surface area contributed by atoms with E-state index in [-0.39, 0.29) is 0 Å². The van der Waals surface area contributed by atoms with Gasteiger partial charge >= 0.3 is 0 Å². The van der Waals surface area contributed by atoms with E-state index in [1.165, 1.54) is 22.4 Å². The van der Waals surface area contributed by atoms with Crippen LogP contribution in [0.15, 0.2) is 46.9 Å². The molecule has 0 unspecified atom stereocenters. The molecule has 18 heavy (non-hydrogen) atoms. The van der Waals surface area contributed by atoms with E-state index in [1.54, 1.807) is 0 Å². The van der Waals surface area contributed by atoms with E-state index in [2.05, 4.69) is 77.6 Å². The van der Waals surface area contributed by atoms with Gasteiger partial charge in [0.1, 0.15) is 0 Å². The highest BCUT2D eigenvalue weighted by Gasteiger charge is 1.99. The number of aryl methyl sites for hydroxylation is 2. The summed E-state index contributed by atoms with van der Waals surface area (Å²) in [6.45, 7) is 5.16. The Kier molecular flexibility index (Phi) is 4.43. The zero-order valence-corrected chi connectivity index (χ0v) is 12.4. The van der Waals surface area contributed by atoms with E-state index in [0.29, 0.717) is 0 Å². The van der Waals surface area contributed by atoms with Crippen LogP contribution in [0.2, 0.25) is 0 Å². The van der Waals surface area contributed by atoms with Gasteiger partial charge in [0.15, 0.2) is 0 Å². The van der Waals surface area contributed by atoms with Gasteiger partial charge in [-0.2, -0.15) is 0 Å². The largest absolute Gasteiger partial charge is 0.381 e. The highest BCUT2D eigenvalue weighted by molar-refractivity contribution is 9.10. The number of benzene rings is 2. The van der Waals surface area contributed by atoms with Gasteiger partial charge in [-0.3, -0.25) is 0 Å². The van der Waals surface area contributed by atoms with Crippen molar-refractivity contribution in [3.05, 3.63) is 63.6 Å². The Morgan fingerprint density at radius 2 is 1.67 bits per heavy atom. The van der Waals surface area contributed by atoms with Gasteiger partial charge < -0.3 is 5.32 Å². The van der Waals surface area contributed by atoms with Crippen molar-refractivity contribution in [2.75, 3.05) is 5.32 Å². The Bertz CT molecular complexity index is 517. The Balaban J connectivity index is 2.04. The van der Waals surface area contributed by atoms with E-state index in [9.17, 15) is 0 Å². The summed E-state index contributed by atoms with van der Waals surface area (Å²) >= 11 is 3.50. The monoisotopic (exact) mass is 303 g/mol. The van der Waals surface area contributed by atoms with E-state index in [0.717, 1.165) is 17.4 Å². The second-order valence-corrected chi connectivity index (χ2v) is 5.40. The maximum Gasteiger partial charge on any atom is 0.0400 e. The van der Waals surface area contributed by atoms with Crippen LogP contribution in [0, 0.1) is 6.92 Å². The molecule has 0 radical (unpaired) electrons. The molecule has 2 rings (SSSR count). The predicted molar refractivity (Wildman–Crippen MR) is 82.0 cm³/mol. The number of hydrogen-bond donors (Lipinski definition) is 1. The lowest BCUT2D eigenvalue weighted by Gasteiger charge is -2.10. The van der Waals surface area contributed by atoms with Crippen LogP contribution in [-0.2, 0) is 13.0 Å². The second-order valence-electron chi connectivity index (χ2n) is 4.48. The summed E-state index contributed by atoms with van der Waals surface area (Å²) in [7, 11) is 0. The molecular weight excluding hydrogens is 286 g/mol. The first-order valence-electron chi connectivity index (χ1n) is 6.27. The highest BCUT2D eigenvalue weighted by atomic mass is 79.9. The lowest BCUT2D eigenvalue weighted by molar-refractivity contribution is 1.10. The Hall–Kier alpha value is -1.28. The first-order chi connectivity index (χ1) is 8.69. The zero-order valence-electron chi connectivity index (χ0n) is 10.8. The summed E-state index contributed by atoms with van der Waals surface area (Å²) in [4.78, 5) is 0. The van der Waals surface area contributed by atoms with Gasteiger partial charge in [-0.15, -0.1) is 0 Å². The van der Waals surface area contributed by atoms with Crippen molar-refractivity contribution in [2.24, 2.45) is 0 Å². The lowest BCUT2D eigenvalue weighted by Crippen LogP contribution is -2.01. The summed E-state index contributed by atoms with van der Waals surface area (Å²) in [6.07, 6.45) is 1.10. The van der Waals surface area contributed by atoms with Crippen LogP contribution in [0.3, 0.4) is 0 Å². The Morgan fingerprint density at radius 1 is 1.00 bits per heavy atom. The van der Waals surface area contributed by atoms with Crippen LogP contribution < -0.4 is 5.32 Å². The summed E-state index contributed by atoms with van der Waals surface area (Å²) < 4.78 is 1.11. The third-order valence-corrected chi connectivity index (χ3v) is 3.61. The Labute approximate surface area is 117 Å². The van der Waals surface area contributed by atoms with Crippen LogP contribution in [-0.4, -0.2) is 0 Å². The van der Waals surface area contributed by atoms with Crippen molar-refractivity contribution < 1.29 is 0 Å². The van der Waals surface area contributed by atoms with Gasteiger partial charge in [0, 0.05) is 16.7 Å². The van der Waals surface area contributed by atoms with Crippen LogP contribution in [0.4, 0.5) is 5.69 Å². The smallest absolute Gasteiger partial charge is 0.0400 e. The molecular formula is C16H18BrN. The molecule has 2 heteroatoms. The minimum Gasteiger partial charge on any atom is -0.381 e. The Morgan fingerprint density at radius 3 is 2.33 bits per heavy atom. The SMILES string of the molecule is CCc1ccc(CNc2cc(Br)ccc2C)cc1. The summed E-state index contributed by atoms with van der Waals surface area (Å²) in [5, 5.41) is 3.48. The minimum absolute atomic E-state index is 0.862. The van der Waals surface area contributed by atoms with Crippen molar-refractivity contribution in [3.63, 3.8) is 0 Å². The van der Waals surface area contributed by atoms with E-state index >= 15 is 0 Å². The van der Waals surface area contributed by atoms with Crippen LogP contribution in [0.25, 0.3) is 0 Å². The molecule has 0 aromatic heterocycles. The molecule has 0 bridgehead atoms. The van der Waals surface area contributed by atoms with Crippen molar-refractivity contribution in [1.82, 2.24) is 0 Å². The molecule has 0 saturated heterocycles. The molecule has 0 aliphatic heterocycles. The minimum atomic E-state index is 0.862. The van der Waals surface area contributed by atoms with Gasteiger partial charge in [0.25, 0.3) is 0 Å². The summed E-state index contributed by atoms with van der Waals surface area (Å²) in [5.74, 6) is 0. The summed E-state index contributed by atoms with van der Waals surface area (Å²) in [6, 6.07) is 15.1. The van der Waals surface area contributed by atoms with Crippen molar-refractivity contribution in [1.29, 1.82) is 0 Å². The van der Waals surface area contributed by atoms with E-state index in [4.69, 9.17) is 0 Å². The third-order valence-electron chi connectivity index (χ3n) is 3.11. The van der Waals surface area contributed by atoms with Crippen LogP contribution >= 0.6 is 15.9 Å². The molecule has 0 fully saturated rings. The van der Waals surface area contributed by atoms with Gasteiger partial charge in [-0.05, 0) is 42.2 Å². The molecule has 0 aliphatic carbocycles. The summed E-state index contributed by atoms with van der Waals surface area (Å²) in [5.41, 5.74) is 5.15. The first-order valence-corrected chi connectivity index (χ1v) is 7.06. The molecule has 0 heterocycles. The molecule has 94 valence electrons. The highest BCUT2D eigenvalue weighted by Crippen LogP contribution is 2.21. The standard InChI is InChI=1S/C16H18BrN/c1-3-13-5-7-14(8-6-13)11-18-16-10-15(17)9-4-12(16)2/h4-10,18H,3,11H2,1-2H3. The van der Waals surface area contributed by atoms with Gasteiger partial charge in [0.05, 0.1) is 0 Å². The quantitative estimate of drug-likeness (QED) is 0.844. The van der Waals surface area contributed by atoms with E-state index in [1.807, 2.05) is 0 Å². The van der Waals surface area contributed by atoms with Crippen molar-refractivity contribution in [2.45, 2.75) is 26.8 Å². The number of nitrogens with one attached hydrogen (secondary N) is 1. The molecule has 2 aromatic rings. The van der Waals surface area contributed by atoms with Crippen LogP contribution in [0.1, 0.15) is 23.6 Å². The van der Waals surface area contributed by atoms with Gasteiger partial charge in [0.2, 0.25) is 0 Å². The fourth-order valence-corrected chi connectivity index (χ4v) is 2.24. The third kappa shape index (κ3) is 3.36. The predicted octanol–water partition coefficient (Wildman–Crippen LogP) is 4.93. The van der Waals surface area contributed by atoms with Crippen molar-refractivity contribution >= 4 is 21.6 Å². The number of rotatable bonds is 4. The zero-order chi connectivity index (χ0) is 13.0. The van der Waals surface area contributed by atoms with Gasteiger partial charge in [-0.25, -0.2) is 0 Å². The van der Waals surface area contributed by atoms with Crippen molar-refractivity contribution in [3.8, 4) is 0 Å². The molecule has 0 aliphatic rings. The molecule has 0 spiro atoms. The number of anilines is 1. The molecule has 0 atom stereocenters. The molecule has 1 N–H and O–H groups in total. The number of hydrogen-bond acceptors (Lipinski definition) is 1. The first kappa shape index (κ1) is 13.2. The fourth-order valence-electron chi connectivity index (χ4n) is 1.87. The number of halogens is 1. The average Bonchev–Trinajstić information content (AvgIpc) is 2.40. The van der Waals surface area contributed by atoms with Gasteiger partial charge in [-0.1, -0.05) is 53.2 Å². The maximum atomic E-state index is 3.50. The fraction of sp³-hybridized carbons (Fsp3) is 0.250. The normalized spacial score (nSPS) is 10.4. The van der Waals surface area contributed by atoms with Crippen LogP contribution in [0.5, 0.6) is 0 Å². The second kappa shape index (κ2) is 6.05. The molecule has 0 amide bonds. The maximum absolute atomic E-state index is 3.50. The topological polar surface area (TPSA) is 12.0 Å². The average molecular weight is 304 g/mol. The molecule has 0 saturated carbocycles. The molecule has 2 aromatic carbocycles. The molecule has 1 nitrogen and oxygen atoms in total.